The van der Waals surface area contributed by atoms with Crippen LogP contribution >= 0.6 is 0 Å². The fraction of sp³-hybridized carbons (Fsp3) is 0.130. The second-order valence-corrected chi connectivity index (χ2v) is 7.43. The first kappa shape index (κ1) is 21.6. The third-order valence-electron chi connectivity index (χ3n) is 5.15. The van der Waals surface area contributed by atoms with Crippen molar-refractivity contribution in [3.63, 3.8) is 0 Å². The lowest BCUT2D eigenvalue weighted by Crippen LogP contribution is -2.16. The third kappa shape index (κ3) is 5.01. The van der Waals surface area contributed by atoms with Crippen LogP contribution < -0.4 is 21.9 Å². The predicted molar refractivity (Wildman–Crippen MR) is 125 cm³/mol. The lowest BCUT2D eigenvalue weighted by molar-refractivity contribution is -0.134. The van der Waals surface area contributed by atoms with E-state index >= 15 is 0 Å². The van der Waals surface area contributed by atoms with Crippen LogP contribution in [0.3, 0.4) is 0 Å². The van der Waals surface area contributed by atoms with Crippen LogP contribution in [0.2, 0.25) is 0 Å². The number of carboxylic acids is 1. The maximum atomic E-state index is 12.7. The van der Waals surface area contributed by atoms with E-state index in [9.17, 15) is 14.4 Å². The number of carbonyl (C=O) groups excluding carboxylic acids is 1. The van der Waals surface area contributed by atoms with Crippen LogP contribution in [0.5, 0.6) is 0 Å². The number of aryl methyl sites for hydroxylation is 2. The molecule has 0 saturated heterocycles. The first-order chi connectivity index (χ1) is 15.9. The highest BCUT2D eigenvalue weighted by Gasteiger charge is 2.12. The van der Waals surface area contributed by atoms with Crippen LogP contribution in [-0.2, 0) is 17.6 Å². The molecule has 0 saturated carbocycles. The van der Waals surface area contributed by atoms with Crippen LogP contribution in [-0.4, -0.2) is 38.5 Å². The monoisotopic (exact) mass is 446 g/mol. The van der Waals surface area contributed by atoms with Gasteiger partial charge in [-0.25, -0.2) is 0 Å². The molecule has 0 atom stereocenters. The first-order valence-electron chi connectivity index (χ1n) is 10.2. The zero-order valence-electron chi connectivity index (χ0n) is 17.5. The lowest BCUT2D eigenvalue weighted by Gasteiger charge is -2.12. The molecule has 0 aliphatic rings. The second kappa shape index (κ2) is 9.27. The normalized spacial score (nSPS) is 10.8. The van der Waals surface area contributed by atoms with Gasteiger partial charge in [0.25, 0.3) is 11.5 Å². The summed E-state index contributed by atoms with van der Waals surface area (Å²) in [6.45, 7) is -0.257. The summed E-state index contributed by atoms with van der Waals surface area (Å²) in [5.74, 6) is -1.24. The molecule has 10 nitrogen and oxygen atoms in total. The number of nitrogens with two attached hydrogens (primary N) is 1. The number of aromatic amines is 2. The van der Waals surface area contributed by atoms with Crippen molar-refractivity contribution in [2.75, 3.05) is 22.9 Å². The predicted octanol–water partition coefficient (Wildman–Crippen LogP) is 2.37. The van der Waals surface area contributed by atoms with Gasteiger partial charge in [-0.2, -0.15) is 4.98 Å². The van der Waals surface area contributed by atoms with Crippen molar-refractivity contribution >= 4 is 40.2 Å². The number of carbonyl (C=O) groups is 2. The number of rotatable bonds is 8. The van der Waals surface area contributed by atoms with Crippen LogP contribution in [0.15, 0.2) is 59.5 Å². The minimum absolute atomic E-state index is 0.0649. The number of benzene rings is 2. The van der Waals surface area contributed by atoms with Gasteiger partial charge in [-0.1, -0.05) is 24.3 Å². The zero-order chi connectivity index (χ0) is 23.4. The van der Waals surface area contributed by atoms with Crippen LogP contribution in [0.25, 0.3) is 11.0 Å². The highest BCUT2D eigenvalue weighted by molar-refractivity contribution is 6.06. The summed E-state index contributed by atoms with van der Waals surface area (Å²) in [6, 6.07) is 14.1. The molecule has 2 heterocycles. The molecule has 0 aliphatic heterocycles. The number of hydrogen-bond donors (Lipinski definition) is 6. The summed E-state index contributed by atoms with van der Waals surface area (Å²) in [5.41, 5.74) is 9.08. The van der Waals surface area contributed by atoms with Crippen molar-refractivity contribution in [1.29, 1.82) is 0 Å². The maximum Gasteiger partial charge on any atom is 0.322 e. The number of nitrogens with zero attached hydrogens (tertiary/aromatic N) is 1. The van der Waals surface area contributed by atoms with E-state index in [1.54, 1.807) is 42.6 Å². The second-order valence-electron chi connectivity index (χ2n) is 7.43. The fourth-order valence-electron chi connectivity index (χ4n) is 3.53. The Bertz CT molecular complexity index is 1370. The Labute approximate surface area is 187 Å². The number of aliphatic carboxylic acids is 1. The number of para-hydroxylation sites is 2. The number of nitrogen functional groups attached to an aromatic ring is 1. The van der Waals surface area contributed by atoms with Gasteiger partial charge in [0, 0.05) is 11.8 Å². The number of anilines is 3. The molecule has 4 aromatic rings. The van der Waals surface area contributed by atoms with E-state index in [-0.39, 0.29) is 24.0 Å². The Hall–Kier alpha value is -4.60. The van der Waals surface area contributed by atoms with Crippen molar-refractivity contribution in [3.05, 3.63) is 81.8 Å². The van der Waals surface area contributed by atoms with Gasteiger partial charge in [-0.15, -0.1) is 0 Å². The summed E-state index contributed by atoms with van der Waals surface area (Å²) < 4.78 is 0. The molecule has 2 aromatic heterocycles. The highest BCUT2D eigenvalue weighted by atomic mass is 16.4. The molecule has 4 rings (SSSR count). The Kier molecular flexibility index (Phi) is 6.07. The first-order valence-corrected chi connectivity index (χ1v) is 10.2. The number of nitrogens with one attached hydrogen (secondary N) is 4. The molecular weight excluding hydrogens is 424 g/mol. The Morgan fingerprint density at radius 1 is 1.03 bits per heavy atom. The number of fused-ring (bicyclic) bond motifs is 1. The molecule has 168 valence electrons. The molecule has 0 fully saturated rings. The van der Waals surface area contributed by atoms with Gasteiger partial charge in [0.1, 0.15) is 12.2 Å². The van der Waals surface area contributed by atoms with E-state index in [0.29, 0.717) is 40.8 Å². The van der Waals surface area contributed by atoms with E-state index in [1.807, 2.05) is 12.1 Å². The molecule has 1 amide bonds. The van der Waals surface area contributed by atoms with Crippen LogP contribution in [0, 0.1) is 0 Å². The number of aromatic nitrogens is 3. The largest absolute Gasteiger partial charge is 0.480 e. The average Bonchev–Trinajstić information content (AvgIpc) is 3.20. The fourth-order valence-corrected chi connectivity index (χ4v) is 3.53. The molecule has 0 unspecified atom stereocenters. The minimum atomic E-state index is -0.996. The van der Waals surface area contributed by atoms with Gasteiger partial charge in [0.05, 0.1) is 16.8 Å². The smallest absolute Gasteiger partial charge is 0.322 e. The highest BCUT2D eigenvalue weighted by Crippen LogP contribution is 2.22. The number of amides is 1. The Morgan fingerprint density at radius 2 is 1.76 bits per heavy atom. The molecular formula is C23H22N6O4. The van der Waals surface area contributed by atoms with E-state index in [4.69, 9.17) is 10.8 Å². The van der Waals surface area contributed by atoms with Crippen molar-refractivity contribution in [2.24, 2.45) is 0 Å². The number of carboxylic acid groups (broad SMARTS) is 1. The van der Waals surface area contributed by atoms with Gasteiger partial charge in [-0.05, 0) is 48.2 Å². The SMILES string of the molecule is Nc1nc2[nH]cc(CCc3ccc(C(=O)Nc4ccccc4NCC(=O)O)cc3)c2c(=O)[nH]1. The zero-order valence-corrected chi connectivity index (χ0v) is 17.5. The molecule has 7 N–H and O–H groups in total. The Morgan fingerprint density at radius 3 is 2.48 bits per heavy atom. The third-order valence-corrected chi connectivity index (χ3v) is 5.15. The minimum Gasteiger partial charge on any atom is -0.480 e. The molecule has 2 aromatic carbocycles. The Balaban J connectivity index is 1.41. The molecule has 0 radical (unpaired) electrons. The van der Waals surface area contributed by atoms with Gasteiger partial charge < -0.3 is 26.5 Å². The van der Waals surface area contributed by atoms with Crippen molar-refractivity contribution < 1.29 is 14.7 Å². The van der Waals surface area contributed by atoms with Gasteiger partial charge in [0.2, 0.25) is 5.95 Å². The molecule has 0 aliphatic carbocycles. The van der Waals surface area contributed by atoms with E-state index in [2.05, 4.69) is 25.6 Å². The van der Waals surface area contributed by atoms with Crippen molar-refractivity contribution in [1.82, 2.24) is 15.0 Å². The average molecular weight is 446 g/mol. The molecule has 0 spiro atoms. The molecule has 33 heavy (non-hydrogen) atoms. The summed E-state index contributed by atoms with van der Waals surface area (Å²) >= 11 is 0. The van der Waals surface area contributed by atoms with Gasteiger partial charge in [-0.3, -0.25) is 19.4 Å². The summed E-state index contributed by atoms with van der Waals surface area (Å²) in [6.07, 6.45) is 3.04. The number of hydrogen-bond acceptors (Lipinski definition) is 6. The van der Waals surface area contributed by atoms with Crippen molar-refractivity contribution in [3.8, 4) is 0 Å². The van der Waals surface area contributed by atoms with Crippen LogP contribution in [0.1, 0.15) is 21.5 Å². The van der Waals surface area contributed by atoms with E-state index in [1.165, 1.54) is 0 Å². The molecule has 0 bridgehead atoms. The summed E-state index contributed by atoms with van der Waals surface area (Å²) in [4.78, 5) is 45.2. The van der Waals surface area contributed by atoms with Gasteiger partial charge >= 0.3 is 5.97 Å². The van der Waals surface area contributed by atoms with Crippen LogP contribution in [0.4, 0.5) is 17.3 Å². The number of H-pyrrole nitrogens is 2. The van der Waals surface area contributed by atoms with E-state index in [0.717, 1.165) is 11.1 Å². The lowest BCUT2D eigenvalue weighted by atomic mass is 10.0. The topological polar surface area (TPSA) is 166 Å². The van der Waals surface area contributed by atoms with Crippen molar-refractivity contribution in [2.45, 2.75) is 12.8 Å². The van der Waals surface area contributed by atoms with E-state index < -0.39 is 5.97 Å². The summed E-state index contributed by atoms with van der Waals surface area (Å²) in [5, 5.41) is 14.9. The summed E-state index contributed by atoms with van der Waals surface area (Å²) in [7, 11) is 0. The maximum absolute atomic E-state index is 12.7. The molecule has 10 heteroatoms. The quantitative estimate of drug-likeness (QED) is 0.242. The standard InChI is InChI=1S/C23H22N6O4/c24-23-28-20-19(22(33)29-23)15(11-26-20)10-7-13-5-8-14(9-6-13)21(32)27-17-4-2-1-3-16(17)25-12-18(30)31/h1-6,8-9,11,25H,7,10,12H2,(H,27,32)(H,30,31)(H4,24,26,28,29,33). The van der Waals surface area contributed by atoms with Gasteiger partial charge in [0.15, 0.2) is 0 Å².